The molecule has 0 spiro atoms. The van der Waals surface area contributed by atoms with Gasteiger partial charge in [-0.05, 0) is 56.1 Å². The van der Waals surface area contributed by atoms with Crippen LogP contribution in [0.25, 0.3) is 0 Å². The molecule has 2 heteroatoms. The molecule has 1 N–H and O–H groups in total. The minimum absolute atomic E-state index is 0.792. The third-order valence-electron chi connectivity index (χ3n) is 4.33. The summed E-state index contributed by atoms with van der Waals surface area (Å²) in [6, 6.07) is 0.792. The smallest absolute Gasteiger partial charge is 0.0103 e. The van der Waals surface area contributed by atoms with E-state index in [-0.39, 0.29) is 0 Å². The second kappa shape index (κ2) is 9.27. The lowest BCUT2D eigenvalue weighted by Crippen LogP contribution is -2.39. The van der Waals surface area contributed by atoms with E-state index in [4.69, 9.17) is 0 Å². The highest BCUT2D eigenvalue weighted by Gasteiger charge is 2.26. The molecule has 0 aromatic rings. The highest BCUT2D eigenvalue weighted by molar-refractivity contribution is 7.98. The van der Waals surface area contributed by atoms with Gasteiger partial charge in [-0.2, -0.15) is 11.8 Å². The number of nitrogens with one attached hydrogen (secondary N) is 1. The first-order chi connectivity index (χ1) is 8.31. The average molecular weight is 257 g/mol. The molecule has 1 fully saturated rings. The molecular weight excluding hydrogens is 226 g/mol. The molecule has 0 aromatic heterocycles. The van der Waals surface area contributed by atoms with E-state index in [1.807, 2.05) is 11.8 Å². The largest absolute Gasteiger partial charge is 0.314 e. The van der Waals surface area contributed by atoms with Crippen LogP contribution in [0.2, 0.25) is 0 Å². The molecule has 1 nitrogen and oxygen atoms in total. The Labute approximate surface area is 113 Å². The lowest BCUT2D eigenvalue weighted by atomic mass is 9.77. The summed E-state index contributed by atoms with van der Waals surface area (Å²) in [5.41, 5.74) is 0. The van der Waals surface area contributed by atoms with Crippen molar-refractivity contribution in [1.29, 1.82) is 0 Å². The molecule has 0 aliphatic heterocycles. The van der Waals surface area contributed by atoms with E-state index in [2.05, 4.69) is 25.4 Å². The van der Waals surface area contributed by atoms with E-state index in [1.54, 1.807) is 0 Å². The minimum atomic E-state index is 0.792. The third-order valence-corrected chi connectivity index (χ3v) is 4.97. The van der Waals surface area contributed by atoms with Crippen LogP contribution in [0.5, 0.6) is 0 Å². The van der Waals surface area contributed by atoms with Gasteiger partial charge in [0.15, 0.2) is 0 Å². The Morgan fingerprint density at radius 1 is 1.18 bits per heavy atom. The number of rotatable bonds is 8. The van der Waals surface area contributed by atoms with Gasteiger partial charge in [0.25, 0.3) is 0 Å². The summed E-state index contributed by atoms with van der Waals surface area (Å²) in [5.74, 6) is 3.30. The van der Waals surface area contributed by atoms with E-state index in [9.17, 15) is 0 Å². The van der Waals surface area contributed by atoms with Crippen molar-refractivity contribution < 1.29 is 0 Å². The topological polar surface area (TPSA) is 12.0 Å². The Hall–Kier alpha value is 0.310. The van der Waals surface area contributed by atoms with Gasteiger partial charge in [0.2, 0.25) is 0 Å². The zero-order valence-corrected chi connectivity index (χ0v) is 12.8. The number of hydrogen-bond donors (Lipinski definition) is 1. The van der Waals surface area contributed by atoms with Crippen LogP contribution in [-0.4, -0.2) is 24.6 Å². The molecule has 0 heterocycles. The fraction of sp³-hybridized carbons (Fsp3) is 1.00. The summed E-state index contributed by atoms with van der Waals surface area (Å²) in [4.78, 5) is 0. The van der Waals surface area contributed by atoms with Gasteiger partial charge in [-0.1, -0.05) is 33.1 Å². The van der Waals surface area contributed by atoms with E-state index < -0.39 is 0 Å². The Morgan fingerprint density at radius 2 is 1.88 bits per heavy atom. The van der Waals surface area contributed by atoms with Crippen LogP contribution in [0.15, 0.2) is 0 Å². The van der Waals surface area contributed by atoms with Crippen LogP contribution >= 0.6 is 11.8 Å². The molecule has 0 radical (unpaired) electrons. The Balaban J connectivity index is 2.34. The molecule has 1 unspecified atom stereocenters. The normalized spacial score (nSPS) is 27.0. The van der Waals surface area contributed by atoms with Crippen molar-refractivity contribution in [3.63, 3.8) is 0 Å². The quantitative estimate of drug-likeness (QED) is 0.695. The van der Waals surface area contributed by atoms with Crippen molar-refractivity contribution >= 4 is 11.8 Å². The van der Waals surface area contributed by atoms with Gasteiger partial charge in [0.05, 0.1) is 0 Å². The van der Waals surface area contributed by atoms with Crippen molar-refractivity contribution in [2.75, 3.05) is 18.6 Å². The second-order valence-electron chi connectivity index (χ2n) is 5.53. The molecule has 1 atom stereocenters. The summed E-state index contributed by atoms with van der Waals surface area (Å²) in [5, 5.41) is 3.79. The van der Waals surface area contributed by atoms with Gasteiger partial charge in [-0.25, -0.2) is 0 Å². The first kappa shape index (κ1) is 15.4. The van der Waals surface area contributed by atoms with Gasteiger partial charge in [0.1, 0.15) is 0 Å². The predicted octanol–water partition coefficient (Wildman–Crippen LogP) is 4.32. The summed E-state index contributed by atoms with van der Waals surface area (Å²) < 4.78 is 0. The molecule has 0 saturated heterocycles. The second-order valence-corrected chi connectivity index (χ2v) is 6.52. The van der Waals surface area contributed by atoms with Gasteiger partial charge in [-0.15, -0.1) is 0 Å². The van der Waals surface area contributed by atoms with Crippen LogP contribution in [0.3, 0.4) is 0 Å². The molecule has 1 aliphatic rings. The van der Waals surface area contributed by atoms with Gasteiger partial charge in [0, 0.05) is 6.04 Å². The van der Waals surface area contributed by atoms with Gasteiger partial charge < -0.3 is 5.32 Å². The third kappa shape index (κ3) is 5.65. The van der Waals surface area contributed by atoms with E-state index in [1.165, 1.54) is 57.2 Å². The maximum absolute atomic E-state index is 3.79. The Kier molecular flexibility index (Phi) is 8.38. The molecule has 0 aromatic carbocycles. The van der Waals surface area contributed by atoms with E-state index in [0.29, 0.717) is 0 Å². The molecule has 0 amide bonds. The molecule has 17 heavy (non-hydrogen) atoms. The highest BCUT2D eigenvalue weighted by atomic mass is 32.2. The summed E-state index contributed by atoms with van der Waals surface area (Å²) in [6.45, 7) is 5.82. The van der Waals surface area contributed by atoms with Crippen LogP contribution in [0.1, 0.15) is 58.8 Å². The fourth-order valence-corrected chi connectivity index (χ4v) is 3.57. The lowest BCUT2D eigenvalue weighted by Gasteiger charge is -2.34. The van der Waals surface area contributed by atoms with Crippen molar-refractivity contribution in [2.45, 2.75) is 64.8 Å². The summed E-state index contributed by atoms with van der Waals surface area (Å²) >= 11 is 1.99. The van der Waals surface area contributed by atoms with Crippen molar-refractivity contribution in [1.82, 2.24) is 5.32 Å². The Morgan fingerprint density at radius 3 is 2.41 bits per heavy atom. The maximum Gasteiger partial charge on any atom is 0.0103 e. The summed E-state index contributed by atoms with van der Waals surface area (Å²) in [6.07, 6.45) is 12.1. The summed E-state index contributed by atoms with van der Waals surface area (Å²) in [7, 11) is 0. The predicted molar refractivity (Wildman–Crippen MR) is 80.8 cm³/mol. The fourth-order valence-electron chi connectivity index (χ4n) is 3.08. The van der Waals surface area contributed by atoms with Crippen LogP contribution in [-0.2, 0) is 0 Å². The molecule has 102 valence electrons. The van der Waals surface area contributed by atoms with Crippen molar-refractivity contribution in [2.24, 2.45) is 11.8 Å². The van der Waals surface area contributed by atoms with Crippen LogP contribution < -0.4 is 5.32 Å². The Bertz CT molecular complexity index is 168. The van der Waals surface area contributed by atoms with E-state index >= 15 is 0 Å². The molecular formula is C15H31NS. The molecule has 1 rings (SSSR count). The molecule has 0 bridgehead atoms. The van der Waals surface area contributed by atoms with Crippen LogP contribution in [0.4, 0.5) is 0 Å². The first-order valence-corrected chi connectivity index (χ1v) is 8.93. The zero-order valence-electron chi connectivity index (χ0n) is 12.0. The monoisotopic (exact) mass is 257 g/mol. The first-order valence-electron chi connectivity index (χ1n) is 7.54. The highest BCUT2D eigenvalue weighted by Crippen LogP contribution is 2.33. The van der Waals surface area contributed by atoms with Crippen molar-refractivity contribution in [3.05, 3.63) is 0 Å². The average Bonchev–Trinajstić information content (AvgIpc) is 2.39. The standard InChI is InChI=1S/C15H31NS/c1-4-11-16-15(10-12-17-3)14-8-6-13(5-2)7-9-14/h13-16H,4-12H2,1-3H3. The number of thioether (sulfide) groups is 1. The van der Waals surface area contributed by atoms with Crippen LogP contribution in [0, 0.1) is 11.8 Å². The molecule has 1 saturated carbocycles. The zero-order chi connectivity index (χ0) is 12.5. The van der Waals surface area contributed by atoms with Gasteiger partial charge >= 0.3 is 0 Å². The minimum Gasteiger partial charge on any atom is -0.314 e. The van der Waals surface area contributed by atoms with Gasteiger partial charge in [-0.3, -0.25) is 0 Å². The molecule has 1 aliphatic carbocycles. The SMILES string of the molecule is CCCNC(CCSC)C1CCC(CC)CC1. The lowest BCUT2D eigenvalue weighted by molar-refractivity contribution is 0.215. The van der Waals surface area contributed by atoms with Crippen molar-refractivity contribution in [3.8, 4) is 0 Å². The number of hydrogen-bond acceptors (Lipinski definition) is 2. The van der Waals surface area contributed by atoms with E-state index in [0.717, 1.165) is 17.9 Å². The maximum atomic E-state index is 3.79.